The van der Waals surface area contributed by atoms with Gasteiger partial charge in [0, 0.05) is 13.7 Å². The molecule has 0 amide bonds. The number of halogens is 1. The van der Waals surface area contributed by atoms with E-state index in [1.807, 2.05) is 4.98 Å². The molecule has 0 bridgehead atoms. The van der Waals surface area contributed by atoms with Crippen molar-refractivity contribution in [2.45, 2.75) is 32.9 Å². The van der Waals surface area contributed by atoms with E-state index in [-0.39, 0.29) is 25.0 Å². The average molecular weight is 302 g/mol. The lowest BCUT2D eigenvalue weighted by molar-refractivity contribution is -0.151. The molecule has 1 atom stereocenters. The predicted octanol–water partition coefficient (Wildman–Crippen LogP) is 0.280. The molecule has 1 unspecified atom stereocenters. The molecule has 1 rings (SSSR count). The van der Waals surface area contributed by atoms with Crippen LogP contribution in [0.3, 0.4) is 0 Å². The molecule has 0 saturated heterocycles. The average Bonchev–Trinajstić information content (AvgIpc) is 2.43. The highest BCUT2D eigenvalue weighted by molar-refractivity contribution is 5.71. The molecule has 0 fully saturated rings. The van der Waals surface area contributed by atoms with Crippen LogP contribution in [-0.2, 0) is 20.8 Å². The summed E-state index contributed by atoms with van der Waals surface area (Å²) in [6.45, 7) is 3.61. The number of aromatic nitrogens is 2. The highest BCUT2D eigenvalue weighted by Crippen LogP contribution is 2.03. The van der Waals surface area contributed by atoms with Crippen LogP contribution in [0, 0.1) is 11.7 Å². The Kier molecular flexibility index (Phi) is 6.29. The van der Waals surface area contributed by atoms with Crippen molar-refractivity contribution in [3.05, 3.63) is 32.9 Å². The van der Waals surface area contributed by atoms with E-state index >= 15 is 0 Å². The van der Waals surface area contributed by atoms with Gasteiger partial charge in [0.05, 0.1) is 18.2 Å². The molecule has 0 spiro atoms. The van der Waals surface area contributed by atoms with Crippen LogP contribution in [0.2, 0.25) is 0 Å². The summed E-state index contributed by atoms with van der Waals surface area (Å²) in [5, 5.41) is 0. The zero-order valence-corrected chi connectivity index (χ0v) is 12.2. The number of carbonyl (C=O) groups is 1. The van der Waals surface area contributed by atoms with Crippen LogP contribution in [0.4, 0.5) is 4.39 Å². The summed E-state index contributed by atoms with van der Waals surface area (Å²) < 4.78 is 24.3. The number of carbonyl (C=O) groups excluding carboxylic acids is 1. The summed E-state index contributed by atoms with van der Waals surface area (Å²) >= 11 is 0. The van der Waals surface area contributed by atoms with E-state index in [0.717, 1.165) is 10.8 Å². The molecule has 7 nitrogen and oxygen atoms in total. The Morgan fingerprint density at radius 1 is 1.43 bits per heavy atom. The molecule has 1 aromatic rings. The van der Waals surface area contributed by atoms with Gasteiger partial charge in [0.25, 0.3) is 5.56 Å². The Balaban J connectivity index is 2.60. The SMILES string of the molecule is COC(CCn1cc(F)c(=O)[nH]c1=O)COC(=O)C(C)C. The van der Waals surface area contributed by atoms with Gasteiger partial charge in [-0.25, -0.2) is 4.79 Å². The van der Waals surface area contributed by atoms with Gasteiger partial charge in [-0.2, -0.15) is 4.39 Å². The lowest BCUT2D eigenvalue weighted by atomic mass is 10.2. The summed E-state index contributed by atoms with van der Waals surface area (Å²) in [7, 11) is 1.45. The van der Waals surface area contributed by atoms with Gasteiger partial charge in [-0.05, 0) is 6.42 Å². The number of esters is 1. The summed E-state index contributed by atoms with van der Waals surface area (Å²) in [4.78, 5) is 35.6. The second-order valence-electron chi connectivity index (χ2n) is 4.86. The number of nitrogens with zero attached hydrogens (tertiary/aromatic N) is 1. The fourth-order valence-corrected chi connectivity index (χ4v) is 1.54. The number of rotatable bonds is 7. The van der Waals surface area contributed by atoms with Crippen molar-refractivity contribution in [2.24, 2.45) is 5.92 Å². The maximum atomic E-state index is 13.1. The first-order chi connectivity index (χ1) is 9.85. The minimum atomic E-state index is -1.05. The maximum absolute atomic E-state index is 13.1. The standard InChI is InChI=1S/C13H19FN2O5/c1-8(2)12(18)21-7-9(20-3)4-5-16-6-10(14)11(17)15-13(16)19/h6,8-9H,4-5,7H2,1-3H3,(H,15,17,19). The first kappa shape index (κ1) is 17.1. The first-order valence-corrected chi connectivity index (χ1v) is 6.53. The van der Waals surface area contributed by atoms with Crippen molar-refractivity contribution in [2.75, 3.05) is 13.7 Å². The van der Waals surface area contributed by atoms with E-state index in [0.29, 0.717) is 6.42 Å². The Bertz CT molecular complexity index is 593. The Hall–Kier alpha value is -1.96. The number of methoxy groups -OCH3 is 1. The van der Waals surface area contributed by atoms with Gasteiger partial charge in [0.15, 0.2) is 0 Å². The number of hydrogen-bond donors (Lipinski definition) is 1. The van der Waals surface area contributed by atoms with E-state index in [9.17, 15) is 18.8 Å². The third-order valence-electron chi connectivity index (χ3n) is 2.88. The predicted molar refractivity (Wildman–Crippen MR) is 72.5 cm³/mol. The molecule has 0 aliphatic heterocycles. The number of ether oxygens (including phenoxy) is 2. The van der Waals surface area contributed by atoms with Crippen LogP contribution in [0.25, 0.3) is 0 Å². The minimum absolute atomic E-state index is 0.0497. The topological polar surface area (TPSA) is 90.4 Å². The molecule has 1 heterocycles. The molecule has 0 aliphatic rings. The first-order valence-electron chi connectivity index (χ1n) is 6.53. The van der Waals surface area contributed by atoms with Crippen molar-refractivity contribution in [1.82, 2.24) is 9.55 Å². The van der Waals surface area contributed by atoms with Crippen LogP contribution in [0.5, 0.6) is 0 Å². The van der Waals surface area contributed by atoms with Gasteiger partial charge in [0.1, 0.15) is 6.61 Å². The number of H-pyrrole nitrogens is 1. The Morgan fingerprint density at radius 3 is 2.67 bits per heavy atom. The van der Waals surface area contributed by atoms with Crippen molar-refractivity contribution in [3.8, 4) is 0 Å². The summed E-state index contributed by atoms with van der Waals surface area (Å²) in [5.41, 5.74) is -1.75. The number of aromatic amines is 1. The molecule has 1 N–H and O–H groups in total. The normalized spacial score (nSPS) is 12.4. The lowest BCUT2D eigenvalue weighted by Gasteiger charge is -2.16. The summed E-state index contributed by atoms with van der Waals surface area (Å²) in [6, 6.07) is 0. The highest BCUT2D eigenvalue weighted by atomic mass is 19.1. The minimum Gasteiger partial charge on any atom is -0.463 e. The quantitative estimate of drug-likeness (QED) is 0.731. The summed E-state index contributed by atoms with van der Waals surface area (Å²) in [5.74, 6) is -1.61. The van der Waals surface area contributed by atoms with Crippen LogP contribution in [0.15, 0.2) is 15.8 Å². The third kappa shape index (κ3) is 5.14. The van der Waals surface area contributed by atoms with Gasteiger partial charge in [0.2, 0.25) is 5.82 Å². The van der Waals surface area contributed by atoms with Crippen molar-refractivity contribution in [1.29, 1.82) is 0 Å². The second kappa shape index (κ2) is 7.72. The Morgan fingerprint density at radius 2 is 2.10 bits per heavy atom. The van der Waals surface area contributed by atoms with Gasteiger partial charge in [-0.3, -0.25) is 19.1 Å². The summed E-state index contributed by atoms with van der Waals surface area (Å²) in [6.07, 6.45) is 0.746. The van der Waals surface area contributed by atoms with E-state index in [1.165, 1.54) is 7.11 Å². The molecule has 0 saturated carbocycles. The van der Waals surface area contributed by atoms with E-state index in [2.05, 4.69) is 0 Å². The van der Waals surface area contributed by atoms with E-state index < -0.39 is 23.2 Å². The van der Waals surface area contributed by atoms with E-state index in [4.69, 9.17) is 9.47 Å². The number of hydrogen-bond acceptors (Lipinski definition) is 5. The smallest absolute Gasteiger partial charge is 0.328 e. The highest BCUT2D eigenvalue weighted by Gasteiger charge is 2.14. The van der Waals surface area contributed by atoms with Crippen LogP contribution < -0.4 is 11.2 Å². The largest absolute Gasteiger partial charge is 0.463 e. The lowest BCUT2D eigenvalue weighted by Crippen LogP contribution is -2.33. The van der Waals surface area contributed by atoms with Gasteiger partial charge >= 0.3 is 11.7 Å². The fraction of sp³-hybridized carbons (Fsp3) is 0.615. The van der Waals surface area contributed by atoms with Crippen LogP contribution >= 0.6 is 0 Å². The fourth-order valence-electron chi connectivity index (χ4n) is 1.54. The molecule has 0 radical (unpaired) electrons. The van der Waals surface area contributed by atoms with Crippen LogP contribution in [-0.4, -0.2) is 35.3 Å². The van der Waals surface area contributed by atoms with Crippen LogP contribution in [0.1, 0.15) is 20.3 Å². The Labute approximate surface area is 120 Å². The van der Waals surface area contributed by atoms with Crippen molar-refractivity contribution >= 4 is 5.97 Å². The molecule has 1 aromatic heterocycles. The van der Waals surface area contributed by atoms with Gasteiger partial charge < -0.3 is 9.47 Å². The molecule has 118 valence electrons. The monoisotopic (exact) mass is 302 g/mol. The van der Waals surface area contributed by atoms with E-state index in [1.54, 1.807) is 13.8 Å². The number of aryl methyl sites for hydroxylation is 1. The zero-order valence-electron chi connectivity index (χ0n) is 12.2. The molecular weight excluding hydrogens is 283 g/mol. The van der Waals surface area contributed by atoms with Gasteiger partial charge in [-0.15, -0.1) is 0 Å². The molecule has 21 heavy (non-hydrogen) atoms. The third-order valence-corrected chi connectivity index (χ3v) is 2.88. The van der Waals surface area contributed by atoms with Crippen molar-refractivity contribution < 1.29 is 18.7 Å². The molecule has 0 aliphatic carbocycles. The maximum Gasteiger partial charge on any atom is 0.328 e. The van der Waals surface area contributed by atoms with Crippen molar-refractivity contribution in [3.63, 3.8) is 0 Å². The zero-order chi connectivity index (χ0) is 16.0. The number of nitrogens with one attached hydrogen (secondary N) is 1. The molecular formula is C13H19FN2O5. The molecule has 0 aromatic carbocycles. The van der Waals surface area contributed by atoms with Gasteiger partial charge in [-0.1, -0.05) is 13.8 Å². The second-order valence-corrected chi connectivity index (χ2v) is 4.86. The molecule has 8 heteroatoms.